The van der Waals surface area contributed by atoms with Crippen LogP contribution in [0.5, 0.6) is 0 Å². The molecule has 0 unspecified atom stereocenters. The second-order valence-corrected chi connectivity index (χ2v) is 9.33. The third kappa shape index (κ3) is 4.39. The van der Waals surface area contributed by atoms with E-state index in [0.717, 1.165) is 27.9 Å². The summed E-state index contributed by atoms with van der Waals surface area (Å²) in [6, 6.07) is 21.4. The summed E-state index contributed by atoms with van der Waals surface area (Å²) in [4.78, 5) is 3.92. The molecule has 0 aliphatic heterocycles. The Kier molecular flexibility index (Phi) is 5.56. The van der Waals surface area contributed by atoms with Gasteiger partial charge in [0.2, 0.25) is 10.0 Å². The highest BCUT2D eigenvalue weighted by atomic mass is 32.2. The van der Waals surface area contributed by atoms with Gasteiger partial charge in [-0.05, 0) is 41.5 Å². The Morgan fingerprint density at radius 3 is 2.53 bits per heavy atom. The Labute approximate surface area is 195 Å². The van der Waals surface area contributed by atoms with Gasteiger partial charge in [-0.25, -0.2) is 22.5 Å². The fourth-order valence-electron chi connectivity index (χ4n) is 3.80. The quantitative estimate of drug-likeness (QED) is 0.379. The smallest absolute Gasteiger partial charge is 0.239 e. The molecule has 9 heteroatoms. The van der Waals surface area contributed by atoms with E-state index in [1.165, 1.54) is 30.6 Å². The lowest BCUT2D eigenvalue weighted by Gasteiger charge is -2.13. The van der Waals surface area contributed by atoms with Crippen LogP contribution in [-0.2, 0) is 16.6 Å². The first-order chi connectivity index (χ1) is 16.4. The first-order valence-corrected chi connectivity index (χ1v) is 12.0. The summed E-state index contributed by atoms with van der Waals surface area (Å²) >= 11 is 0. The highest BCUT2D eigenvalue weighted by molar-refractivity contribution is 7.89. The SMILES string of the molecule is NS(=O)(=O)c1cncc(-c2cc(NCc3ccccc3)c3c(-c4cccc(F)c4)ccn3n2)c1. The van der Waals surface area contributed by atoms with E-state index < -0.39 is 10.0 Å². The average Bonchev–Trinajstić information content (AvgIpc) is 3.27. The number of nitrogens with one attached hydrogen (secondary N) is 1. The second-order valence-electron chi connectivity index (χ2n) is 7.77. The van der Waals surface area contributed by atoms with Crippen LogP contribution in [0.1, 0.15) is 5.56 Å². The molecule has 0 fully saturated rings. The van der Waals surface area contributed by atoms with Crippen LogP contribution in [-0.4, -0.2) is 23.0 Å². The van der Waals surface area contributed by atoms with Crippen molar-refractivity contribution in [2.45, 2.75) is 11.4 Å². The summed E-state index contributed by atoms with van der Waals surface area (Å²) < 4.78 is 39.3. The molecule has 0 amide bonds. The number of anilines is 1. The Bertz CT molecular complexity index is 1600. The Morgan fingerprint density at radius 2 is 1.76 bits per heavy atom. The largest absolute Gasteiger partial charge is 0.379 e. The van der Waals surface area contributed by atoms with E-state index in [2.05, 4.69) is 15.4 Å². The molecule has 5 rings (SSSR count). The van der Waals surface area contributed by atoms with Gasteiger partial charge in [-0.15, -0.1) is 0 Å². The van der Waals surface area contributed by atoms with E-state index >= 15 is 0 Å². The molecule has 0 radical (unpaired) electrons. The number of nitrogens with zero attached hydrogens (tertiary/aromatic N) is 3. The number of halogens is 1. The van der Waals surface area contributed by atoms with Crippen molar-refractivity contribution in [3.05, 3.63) is 103 Å². The molecule has 3 heterocycles. The standard InChI is InChI=1S/C25H20FN5O2S/c26-20-8-4-7-18(11-20)22-9-10-31-25(22)24(29-14-17-5-2-1-3-6-17)13-23(30-31)19-12-21(16-28-15-19)34(27,32)33/h1-13,15-16,29H,14H2,(H2,27,32,33). The van der Waals surface area contributed by atoms with Crippen molar-refractivity contribution in [1.29, 1.82) is 0 Å². The van der Waals surface area contributed by atoms with Crippen LogP contribution >= 0.6 is 0 Å². The highest BCUT2D eigenvalue weighted by Crippen LogP contribution is 2.33. The van der Waals surface area contributed by atoms with E-state index in [1.807, 2.05) is 48.5 Å². The summed E-state index contributed by atoms with van der Waals surface area (Å²) in [5, 5.41) is 13.4. The molecule has 3 N–H and O–H groups in total. The number of sulfonamides is 1. The van der Waals surface area contributed by atoms with Crippen molar-refractivity contribution >= 4 is 21.2 Å². The Hall–Kier alpha value is -4.08. The van der Waals surface area contributed by atoms with Gasteiger partial charge in [0.25, 0.3) is 0 Å². The molecular weight excluding hydrogens is 453 g/mol. The molecule has 0 atom stereocenters. The molecule has 3 aromatic heterocycles. The number of rotatable bonds is 6. The van der Waals surface area contributed by atoms with Crippen molar-refractivity contribution in [1.82, 2.24) is 14.6 Å². The molecule has 7 nitrogen and oxygen atoms in total. The minimum Gasteiger partial charge on any atom is -0.379 e. The number of hydrogen-bond donors (Lipinski definition) is 2. The number of pyridine rings is 1. The molecular formula is C25H20FN5O2S. The molecule has 0 aliphatic rings. The molecule has 0 spiro atoms. The van der Waals surface area contributed by atoms with Gasteiger partial charge in [0.15, 0.2) is 0 Å². The normalized spacial score (nSPS) is 11.6. The van der Waals surface area contributed by atoms with E-state index in [-0.39, 0.29) is 10.7 Å². The summed E-state index contributed by atoms with van der Waals surface area (Å²) in [7, 11) is -3.92. The zero-order valence-corrected chi connectivity index (χ0v) is 18.7. The molecule has 0 saturated heterocycles. The fraction of sp³-hybridized carbons (Fsp3) is 0.0400. The molecule has 0 aliphatic carbocycles. The van der Waals surface area contributed by atoms with Gasteiger partial charge >= 0.3 is 0 Å². The van der Waals surface area contributed by atoms with Gasteiger partial charge in [0.1, 0.15) is 10.7 Å². The van der Waals surface area contributed by atoms with E-state index in [9.17, 15) is 12.8 Å². The first-order valence-electron chi connectivity index (χ1n) is 10.4. The molecule has 34 heavy (non-hydrogen) atoms. The topological polar surface area (TPSA) is 102 Å². The third-order valence-corrected chi connectivity index (χ3v) is 6.30. The monoisotopic (exact) mass is 473 g/mol. The van der Waals surface area contributed by atoms with Crippen molar-refractivity contribution in [2.24, 2.45) is 5.14 Å². The predicted octanol–water partition coefficient (Wildman–Crippen LogP) is 4.46. The van der Waals surface area contributed by atoms with Crippen LogP contribution in [0.15, 0.2) is 96.3 Å². The number of primary sulfonamides is 1. The minimum absolute atomic E-state index is 0.0985. The molecule has 170 valence electrons. The number of nitrogens with two attached hydrogens (primary N) is 1. The lowest BCUT2D eigenvalue weighted by atomic mass is 10.1. The van der Waals surface area contributed by atoms with Crippen LogP contribution in [0.4, 0.5) is 10.1 Å². The van der Waals surface area contributed by atoms with Crippen LogP contribution in [0, 0.1) is 5.82 Å². The van der Waals surface area contributed by atoms with Gasteiger partial charge < -0.3 is 5.32 Å². The zero-order chi connectivity index (χ0) is 23.7. The van der Waals surface area contributed by atoms with E-state index in [1.54, 1.807) is 16.8 Å². The summed E-state index contributed by atoms with van der Waals surface area (Å²) in [6.45, 7) is 0.545. The predicted molar refractivity (Wildman–Crippen MR) is 129 cm³/mol. The Balaban J connectivity index is 1.66. The van der Waals surface area contributed by atoms with Gasteiger partial charge in [-0.3, -0.25) is 4.98 Å². The lowest BCUT2D eigenvalue weighted by Crippen LogP contribution is -2.12. The van der Waals surface area contributed by atoms with Gasteiger partial charge in [0, 0.05) is 36.3 Å². The highest BCUT2D eigenvalue weighted by Gasteiger charge is 2.16. The number of benzene rings is 2. The first kappa shape index (κ1) is 21.7. The van der Waals surface area contributed by atoms with Crippen LogP contribution in [0.2, 0.25) is 0 Å². The average molecular weight is 474 g/mol. The maximum Gasteiger partial charge on any atom is 0.239 e. The number of hydrogen-bond acceptors (Lipinski definition) is 5. The number of aromatic nitrogens is 3. The molecule has 5 aromatic rings. The van der Waals surface area contributed by atoms with Crippen LogP contribution < -0.4 is 10.5 Å². The Morgan fingerprint density at radius 1 is 0.941 bits per heavy atom. The zero-order valence-electron chi connectivity index (χ0n) is 17.9. The van der Waals surface area contributed by atoms with Gasteiger partial charge in [-0.1, -0.05) is 42.5 Å². The number of fused-ring (bicyclic) bond motifs is 1. The van der Waals surface area contributed by atoms with Crippen molar-refractivity contribution in [3.8, 4) is 22.4 Å². The van der Waals surface area contributed by atoms with E-state index in [4.69, 9.17) is 5.14 Å². The van der Waals surface area contributed by atoms with E-state index in [0.29, 0.717) is 17.8 Å². The summed E-state index contributed by atoms with van der Waals surface area (Å²) in [6.07, 6.45) is 4.51. The maximum atomic E-state index is 13.9. The van der Waals surface area contributed by atoms with Crippen molar-refractivity contribution < 1.29 is 12.8 Å². The van der Waals surface area contributed by atoms with Crippen molar-refractivity contribution in [2.75, 3.05) is 5.32 Å². The van der Waals surface area contributed by atoms with Gasteiger partial charge in [-0.2, -0.15) is 5.10 Å². The fourth-order valence-corrected chi connectivity index (χ4v) is 4.30. The lowest BCUT2D eigenvalue weighted by molar-refractivity contribution is 0.597. The molecule has 0 saturated carbocycles. The minimum atomic E-state index is -3.92. The maximum absolute atomic E-state index is 13.9. The summed E-state index contributed by atoms with van der Waals surface area (Å²) in [5.74, 6) is -0.328. The van der Waals surface area contributed by atoms with Gasteiger partial charge in [0.05, 0.1) is 16.9 Å². The third-order valence-electron chi connectivity index (χ3n) is 5.42. The second kappa shape index (κ2) is 8.69. The molecule has 2 aromatic carbocycles. The van der Waals surface area contributed by atoms with Crippen LogP contribution in [0.3, 0.4) is 0 Å². The molecule has 0 bridgehead atoms. The van der Waals surface area contributed by atoms with Crippen molar-refractivity contribution in [3.63, 3.8) is 0 Å². The van der Waals surface area contributed by atoms with Crippen LogP contribution in [0.25, 0.3) is 27.9 Å². The summed E-state index contributed by atoms with van der Waals surface area (Å²) in [5.41, 5.74) is 5.12.